The van der Waals surface area contributed by atoms with Crippen LogP contribution < -0.4 is 4.74 Å². The van der Waals surface area contributed by atoms with Crippen molar-refractivity contribution in [3.8, 4) is 5.75 Å². The minimum atomic E-state index is -1.01. The monoisotopic (exact) mass is 326 g/mol. The Labute approximate surface area is 138 Å². The first kappa shape index (κ1) is 16.0. The molecule has 0 amide bonds. The molecule has 2 N–H and O–H groups in total. The van der Waals surface area contributed by atoms with E-state index in [9.17, 15) is 9.90 Å². The molecular weight excluding hydrogens is 308 g/mol. The Balaban J connectivity index is 1.67. The predicted molar refractivity (Wildman–Crippen MR) is 89.4 cm³/mol. The van der Waals surface area contributed by atoms with E-state index < -0.39 is 12.1 Å². The number of aliphatic hydroxyl groups excluding tert-OH is 1. The molecule has 0 saturated carbocycles. The highest BCUT2D eigenvalue weighted by atomic mass is 16.5. The van der Waals surface area contributed by atoms with Crippen LogP contribution in [-0.2, 0) is 6.54 Å². The molecule has 6 nitrogen and oxygen atoms in total. The van der Waals surface area contributed by atoms with Crippen LogP contribution in [0.2, 0.25) is 0 Å². The van der Waals surface area contributed by atoms with Gasteiger partial charge in [0.2, 0.25) is 0 Å². The van der Waals surface area contributed by atoms with Crippen LogP contribution in [-0.4, -0.2) is 38.4 Å². The fourth-order valence-electron chi connectivity index (χ4n) is 2.60. The van der Waals surface area contributed by atoms with E-state index >= 15 is 0 Å². The fraction of sp³-hybridized carbons (Fsp3) is 0.222. The molecule has 3 rings (SSSR count). The van der Waals surface area contributed by atoms with Gasteiger partial charge in [0.15, 0.2) is 0 Å². The van der Waals surface area contributed by atoms with Crippen molar-refractivity contribution in [3.05, 3.63) is 59.9 Å². The van der Waals surface area contributed by atoms with Crippen LogP contribution in [0.5, 0.6) is 5.75 Å². The van der Waals surface area contributed by atoms with Crippen LogP contribution in [0.25, 0.3) is 11.0 Å². The molecule has 2 aromatic carbocycles. The number of carboxylic acids is 1. The topological polar surface area (TPSA) is 84.6 Å². The normalized spacial score (nSPS) is 12.2. The number of aryl methyl sites for hydroxylation is 1. The van der Waals surface area contributed by atoms with E-state index in [2.05, 4.69) is 4.98 Å². The Hall–Kier alpha value is -2.86. The van der Waals surface area contributed by atoms with Crippen LogP contribution in [0.1, 0.15) is 16.2 Å². The minimum absolute atomic E-state index is 0.0645. The third-order valence-electron chi connectivity index (χ3n) is 3.76. The van der Waals surface area contributed by atoms with Gasteiger partial charge in [-0.05, 0) is 37.3 Å². The maximum absolute atomic E-state index is 10.9. The van der Waals surface area contributed by atoms with E-state index in [1.54, 1.807) is 12.1 Å². The molecule has 0 fully saturated rings. The summed E-state index contributed by atoms with van der Waals surface area (Å²) in [5.74, 6) is 0.228. The number of fused-ring (bicyclic) bond motifs is 1. The number of aliphatic hydroxyl groups is 1. The van der Waals surface area contributed by atoms with Crippen molar-refractivity contribution in [2.75, 3.05) is 6.61 Å². The number of benzene rings is 2. The van der Waals surface area contributed by atoms with Crippen LogP contribution in [0, 0.1) is 6.92 Å². The van der Waals surface area contributed by atoms with Crippen LogP contribution in [0.15, 0.2) is 48.5 Å². The molecule has 0 aliphatic rings. The first-order valence-corrected chi connectivity index (χ1v) is 7.60. The minimum Gasteiger partial charge on any atom is -0.491 e. The first-order valence-electron chi connectivity index (χ1n) is 7.60. The van der Waals surface area contributed by atoms with Crippen molar-refractivity contribution >= 4 is 17.0 Å². The number of hydrogen-bond donors (Lipinski definition) is 2. The molecule has 6 heteroatoms. The third kappa shape index (κ3) is 3.38. The van der Waals surface area contributed by atoms with Crippen LogP contribution >= 0.6 is 0 Å². The zero-order valence-electron chi connectivity index (χ0n) is 13.2. The van der Waals surface area contributed by atoms with Gasteiger partial charge in [-0.15, -0.1) is 0 Å². The van der Waals surface area contributed by atoms with Gasteiger partial charge in [-0.2, -0.15) is 0 Å². The highest BCUT2D eigenvalue weighted by molar-refractivity contribution is 5.88. The average molecular weight is 326 g/mol. The average Bonchev–Trinajstić information content (AvgIpc) is 2.89. The fourth-order valence-corrected chi connectivity index (χ4v) is 2.60. The number of para-hydroxylation sites is 2. The molecule has 1 unspecified atom stereocenters. The standard InChI is InChI=1S/C18H18N2O4/c1-12-19-16-7-2-3-8-17(16)20(12)10-14(21)11-24-15-6-4-5-13(9-15)18(22)23/h2-9,14,21H,10-11H2,1H3,(H,22,23). The maximum Gasteiger partial charge on any atom is 0.335 e. The molecule has 1 atom stereocenters. The largest absolute Gasteiger partial charge is 0.491 e. The van der Waals surface area contributed by atoms with Crippen molar-refractivity contribution in [1.29, 1.82) is 0 Å². The molecular formula is C18H18N2O4. The van der Waals surface area contributed by atoms with Gasteiger partial charge < -0.3 is 19.5 Å². The Morgan fingerprint density at radius 2 is 2.04 bits per heavy atom. The summed E-state index contributed by atoms with van der Waals surface area (Å²) in [4.78, 5) is 15.4. The zero-order chi connectivity index (χ0) is 17.1. The molecule has 0 bridgehead atoms. The van der Waals surface area contributed by atoms with Gasteiger partial charge in [0.25, 0.3) is 0 Å². The molecule has 0 saturated heterocycles. The molecule has 24 heavy (non-hydrogen) atoms. The summed E-state index contributed by atoms with van der Waals surface area (Å²) in [5.41, 5.74) is 2.00. The zero-order valence-corrected chi connectivity index (χ0v) is 13.2. The van der Waals surface area contributed by atoms with E-state index in [-0.39, 0.29) is 12.2 Å². The Bertz CT molecular complexity index is 872. The first-order chi connectivity index (χ1) is 11.5. The van der Waals surface area contributed by atoms with Gasteiger partial charge in [-0.1, -0.05) is 18.2 Å². The highest BCUT2D eigenvalue weighted by Gasteiger charge is 2.13. The second-order valence-corrected chi connectivity index (χ2v) is 5.56. The number of carboxylic acid groups (broad SMARTS) is 1. The second kappa shape index (κ2) is 6.72. The predicted octanol–water partition coefficient (Wildman–Crippen LogP) is 2.48. The van der Waals surface area contributed by atoms with Gasteiger partial charge >= 0.3 is 5.97 Å². The lowest BCUT2D eigenvalue weighted by Gasteiger charge is -2.15. The molecule has 0 aliphatic heterocycles. The summed E-state index contributed by atoms with van der Waals surface area (Å²) in [6.07, 6.45) is -0.741. The lowest BCUT2D eigenvalue weighted by molar-refractivity contribution is 0.0695. The summed E-state index contributed by atoms with van der Waals surface area (Å²) < 4.78 is 7.45. The van der Waals surface area contributed by atoms with Crippen LogP contribution in [0.4, 0.5) is 0 Å². The number of aromatic nitrogens is 2. The molecule has 0 spiro atoms. The van der Waals surface area contributed by atoms with Gasteiger partial charge in [-0.3, -0.25) is 0 Å². The van der Waals surface area contributed by atoms with Gasteiger partial charge in [0.05, 0.1) is 23.1 Å². The van der Waals surface area contributed by atoms with Gasteiger partial charge in [0, 0.05) is 0 Å². The Kier molecular flexibility index (Phi) is 4.48. The van der Waals surface area contributed by atoms with E-state index in [0.717, 1.165) is 16.9 Å². The number of hydrogen-bond acceptors (Lipinski definition) is 4. The number of imidazole rings is 1. The van der Waals surface area contributed by atoms with Crippen molar-refractivity contribution < 1.29 is 19.7 Å². The number of nitrogens with zero attached hydrogens (tertiary/aromatic N) is 2. The number of carbonyl (C=O) groups is 1. The molecule has 0 aliphatic carbocycles. The summed E-state index contributed by atoms with van der Waals surface area (Å²) in [7, 11) is 0. The highest BCUT2D eigenvalue weighted by Crippen LogP contribution is 2.17. The van der Waals surface area contributed by atoms with E-state index in [1.807, 2.05) is 35.8 Å². The van der Waals surface area contributed by atoms with Crippen molar-refractivity contribution in [2.45, 2.75) is 19.6 Å². The van der Waals surface area contributed by atoms with Crippen molar-refractivity contribution in [1.82, 2.24) is 9.55 Å². The van der Waals surface area contributed by atoms with Gasteiger partial charge in [-0.25, -0.2) is 9.78 Å². The summed E-state index contributed by atoms with van der Waals surface area (Å²) >= 11 is 0. The molecule has 0 radical (unpaired) electrons. The number of aromatic carboxylic acids is 1. The summed E-state index contributed by atoms with van der Waals surface area (Å²) in [6, 6.07) is 13.9. The molecule has 1 heterocycles. The number of ether oxygens (including phenoxy) is 1. The Morgan fingerprint density at radius 1 is 1.25 bits per heavy atom. The summed E-state index contributed by atoms with van der Waals surface area (Å²) in [5, 5.41) is 19.2. The summed E-state index contributed by atoms with van der Waals surface area (Å²) in [6.45, 7) is 2.31. The van der Waals surface area contributed by atoms with Crippen molar-refractivity contribution in [2.24, 2.45) is 0 Å². The smallest absolute Gasteiger partial charge is 0.335 e. The van der Waals surface area contributed by atoms with Gasteiger partial charge in [0.1, 0.15) is 24.3 Å². The quantitative estimate of drug-likeness (QED) is 0.727. The van der Waals surface area contributed by atoms with E-state index in [0.29, 0.717) is 12.3 Å². The third-order valence-corrected chi connectivity index (χ3v) is 3.76. The molecule has 1 aromatic heterocycles. The maximum atomic E-state index is 10.9. The molecule has 124 valence electrons. The molecule has 3 aromatic rings. The Morgan fingerprint density at radius 3 is 2.83 bits per heavy atom. The van der Waals surface area contributed by atoms with Crippen molar-refractivity contribution in [3.63, 3.8) is 0 Å². The number of rotatable bonds is 6. The van der Waals surface area contributed by atoms with Crippen LogP contribution in [0.3, 0.4) is 0 Å². The van der Waals surface area contributed by atoms with E-state index in [1.165, 1.54) is 12.1 Å². The lowest BCUT2D eigenvalue weighted by Crippen LogP contribution is -2.24. The SMILES string of the molecule is Cc1nc2ccccc2n1CC(O)COc1cccc(C(=O)O)c1. The van der Waals surface area contributed by atoms with E-state index in [4.69, 9.17) is 9.84 Å². The second-order valence-electron chi connectivity index (χ2n) is 5.56. The lowest BCUT2D eigenvalue weighted by atomic mass is 10.2.